The number of imidazole rings is 1. The van der Waals surface area contributed by atoms with Gasteiger partial charge in [0.25, 0.3) is 0 Å². The molecule has 3 heterocycles. The number of aryl methyl sites for hydroxylation is 1. The van der Waals surface area contributed by atoms with E-state index in [9.17, 15) is 4.79 Å². The van der Waals surface area contributed by atoms with E-state index in [1.807, 2.05) is 0 Å². The Bertz CT molecular complexity index is 1180. The van der Waals surface area contributed by atoms with Crippen LogP contribution in [0.4, 0.5) is 5.95 Å². The number of para-hydroxylation sites is 2. The van der Waals surface area contributed by atoms with Gasteiger partial charge in [0.05, 0.1) is 17.6 Å². The third-order valence-electron chi connectivity index (χ3n) is 8.51. The van der Waals surface area contributed by atoms with Crippen LogP contribution in [0.5, 0.6) is 0 Å². The molecule has 1 aromatic heterocycles. The molecule has 2 aliphatic rings. The molecule has 3 aromatic rings. The van der Waals surface area contributed by atoms with Crippen LogP contribution in [0, 0.1) is 12.8 Å². The number of rotatable bonds is 9. The summed E-state index contributed by atoms with van der Waals surface area (Å²) in [5.74, 6) is 1.36. The second kappa shape index (κ2) is 12.1. The Balaban J connectivity index is 1.17. The highest BCUT2D eigenvalue weighted by atomic mass is 16.1. The lowest BCUT2D eigenvalue weighted by molar-refractivity contribution is -0.125. The van der Waals surface area contributed by atoms with Crippen molar-refractivity contribution in [3.05, 3.63) is 59.7 Å². The number of carbonyl (C=O) groups excluding carboxylic acids is 1. The molecular weight excluding hydrogens is 458 g/mol. The molecule has 2 fully saturated rings. The maximum Gasteiger partial charge on any atom is 0.223 e. The smallest absolute Gasteiger partial charge is 0.223 e. The Labute approximate surface area is 222 Å². The zero-order valence-electron chi connectivity index (χ0n) is 22.7. The molecule has 0 bridgehead atoms. The molecule has 37 heavy (non-hydrogen) atoms. The van der Waals surface area contributed by atoms with Crippen LogP contribution >= 0.6 is 0 Å². The number of fused-ring (bicyclic) bond motifs is 1. The Hall–Kier alpha value is -2.86. The van der Waals surface area contributed by atoms with Crippen LogP contribution in [-0.2, 0) is 11.3 Å². The number of aromatic nitrogens is 2. The first-order valence-electron chi connectivity index (χ1n) is 14.4. The lowest BCUT2D eigenvalue weighted by Gasteiger charge is -2.35. The molecular formula is C31H43N5O. The van der Waals surface area contributed by atoms with Gasteiger partial charge >= 0.3 is 0 Å². The molecule has 2 aromatic carbocycles. The molecule has 1 amide bonds. The van der Waals surface area contributed by atoms with E-state index in [0.717, 1.165) is 69.5 Å². The lowest BCUT2D eigenvalue weighted by Crippen LogP contribution is -2.43. The average molecular weight is 502 g/mol. The quantitative estimate of drug-likeness (QED) is 0.400. The minimum atomic E-state index is 0.101. The van der Waals surface area contributed by atoms with E-state index in [4.69, 9.17) is 4.98 Å². The first-order valence-corrected chi connectivity index (χ1v) is 14.4. The summed E-state index contributed by atoms with van der Waals surface area (Å²) in [6.45, 7) is 10.1. The van der Waals surface area contributed by atoms with Crippen LogP contribution in [0.1, 0.15) is 63.0 Å². The molecule has 2 saturated heterocycles. The van der Waals surface area contributed by atoms with Crippen molar-refractivity contribution in [2.45, 2.75) is 71.4 Å². The maximum absolute atomic E-state index is 12.9. The van der Waals surface area contributed by atoms with Gasteiger partial charge in [-0.15, -0.1) is 0 Å². The fourth-order valence-electron chi connectivity index (χ4n) is 6.21. The Kier molecular flexibility index (Phi) is 8.45. The zero-order chi connectivity index (χ0) is 25.6. The van der Waals surface area contributed by atoms with E-state index in [0.29, 0.717) is 0 Å². The second-order valence-corrected chi connectivity index (χ2v) is 10.9. The zero-order valence-corrected chi connectivity index (χ0v) is 22.7. The van der Waals surface area contributed by atoms with Crippen LogP contribution in [-0.4, -0.2) is 59.1 Å². The van der Waals surface area contributed by atoms with Crippen LogP contribution in [0.3, 0.4) is 0 Å². The van der Waals surface area contributed by atoms with Gasteiger partial charge in [0.1, 0.15) is 0 Å². The monoisotopic (exact) mass is 501 g/mol. The fourth-order valence-corrected chi connectivity index (χ4v) is 6.21. The minimum absolute atomic E-state index is 0.101. The third-order valence-corrected chi connectivity index (χ3v) is 8.51. The molecule has 0 spiro atoms. The number of likely N-dealkylation sites (tertiary alicyclic amines) is 1. The second-order valence-electron chi connectivity index (χ2n) is 10.9. The fraction of sp³-hybridized carbons (Fsp3) is 0.548. The predicted octanol–water partition coefficient (Wildman–Crippen LogP) is 5.38. The van der Waals surface area contributed by atoms with Crippen LogP contribution < -0.4 is 10.2 Å². The Morgan fingerprint density at radius 1 is 1.00 bits per heavy atom. The number of benzene rings is 2. The summed E-state index contributed by atoms with van der Waals surface area (Å²) in [6.07, 6.45) is 8.06. The average Bonchev–Trinajstić information content (AvgIpc) is 3.31. The van der Waals surface area contributed by atoms with Crippen LogP contribution in [0.25, 0.3) is 11.0 Å². The Morgan fingerprint density at radius 2 is 1.78 bits per heavy atom. The molecule has 1 atom stereocenters. The third kappa shape index (κ3) is 6.01. The summed E-state index contributed by atoms with van der Waals surface area (Å²) in [5.41, 5.74) is 4.81. The highest BCUT2D eigenvalue weighted by Gasteiger charge is 2.28. The van der Waals surface area contributed by atoms with Crippen molar-refractivity contribution in [1.82, 2.24) is 19.8 Å². The summed E-state index contributed by atoms with van der Waals surface area (Å²) in [6, 6.07) is 17.7. The first-order chi connectivity index (χ1) is 18.1. The molecule has 6 nitrogen and oxygen atoms in total. The van der Waals surface area contributed by atoms with Crippen molar-refractivity contribution in [3.63, 3.8) is 0 Å². The summed E-state index contributed by atoms with van der Waals surface area (Å²) >= 11 is 0. The molecule has 1 N–H and O–H groups in total. The number of anilines is 1. The van der Waals surface area contributed by atoms with Crippen molar-refractivity contribution < 1.29 is 4.79 Å². The lowest BCUT2D eigenvalue weighted by atomic mass is 9.96. The number of hydrogen-bond donors (Lipinski definition) is 1. The topological polar surface area (TPSA) is 53.4 Å². The number of amides is 1. The summed E-state index contributed by atoms with van der Waals surface area (Å²) in [7, 11) is 0. The molecule has 6 heteroatoms. The summed E-state index contributed by atoms with van der Waals surface area (Å²) in [5, 5.41) is 3.25. The molecule has 0 radical (unpaired) electrons. The first kappa shape index (κ1) is 25.8. The van der Waals surface area contributed by atoms with E-state index >= 15 is 0 Å². The number of nitrogens with zero attached hydrogens (tertiary/aromatic N) is 4. The standard InChI is InChI=1S/C31H43N5O/c1-3-27-13-8-9-19-34(27)20-10-18-32-30(37)25-16-21-35(22-17-25)31-33-28-14-6-7-15-29(28)36(31)23-26-12-5-4-11-24(26)2/h4-7,11-12,14-15,25,27H,3,8-10,13,16-23H2,1-2H3,(H,32,37). The minimum Gasteiger partial charge on any atom is -0.356 e. The van der Waals surface area contributed by atoms with Gasteiger partial charge in [-0.2, -0.15) is 0 Å². The largest absolute Gasteiger partial charge is 0.356 e. The SMILES string of the molecule is CCC1CCCCN1CCCNC(=O)C1CCN(c2nc3ccccc3n2Cc2ccccc2C)CC1. The van der Waals surface area contributed by atoms with Gasteiger partial charge in [0.15, 0.2) is 0 Å². The van der Waals surface area contributed by atoms with Crippen molar-refractivity contribution in [3.8, 4) is 0 Å². The van der Waals surface area contributed by atoms with E-state index in [2.05, 4.69) is 82.1 Å². The van der Waals surface area contributed by atoms with Gasteiger partial charge < -0.3 is 19.7 Å². The molecule has 1 unspecified atom stereocenters. The number of hydrogen-bond acceptors (Lipinski definition) is 4. The van der Waals surface area contributed by atoms with E-state index in [1.165, 1.54) is 48.9 Å². The number of carbonyl (C=O) groups is 1. The Morgan fingerprint density at radius 3 is 2.59 bits per heavy atom. The van der Waals surface area contributed by atoms with Gasteiger partial charge in [0.2, 0.25) is 11.9 Å². The van der Waals surface area contributed by atoms with Gasteiger partial charge in [-0.1, -0.05) is 49.7 Å². The van der Waals surface area contributed by atoms with Gasteiger partial charge in [0, 0.05) is 38.1 Å². The molecule has 198 valence electrons. The number of nitrogens with one attached hydrogen (secondary N) is 1. The van der Waals surface area contributed by atoms with Gasteiger partial charge in [-0.3, -0.25) is 4.79 Å². The van der Waals surface area contributed by atoms with Crippen molar-refractivity contribution >= 4 is 22.9 Å². The van der Waals surface area contributed by atoms with E-state index in [1.54, 1.807) is 0 Å². The molecule has 0 aliphatic carbocycles. The summed E-state index contributed by atoms with van der Waals surface area (Å²) < 4.78 is 2.35. The van der Waals surface area contributed by atoms with Gasteiger partial charge in [-0.25, -0.2) is 4.98 Å². The van der Waals surface area contributed by atoms with Crippen molar-refractivity contribution in [2.24, 2.45) is 5.92 Å². The van der Waals surface area contributed by atoms with E-state index in [-0.39, 0.29) is 11.8 Å². The molecule has 5 rings (SSSR count). The highest BCUT2D eigenvalue weighted by molar-refractivity contribution is 5.80. The normalized spacial score (nSPS) is 19.4. The number of piperidine rings is 2. The van der Waals surface area contributed by atoms with Crippen LogP contribution in [0.15, 0.2) is 48.5 Å². The van der Waals surface area contributed by atoms with Crippen LogP contribution in [0.2, 0.25) is 0 Å². The van der Waals surface area contributed by atoms with E-state index < -0.39 is 0 Å². The predicted molar refractivity (Wildman–Crippen MR) is 152 cm³/mol. The molecule has 0 saturated carbocycles. The molecule has 2 aliphatic heterocycles. The highest BCUT2D eigenvalue weighted by Crippen LogP contribution is 2.28. The van der Waals surface area contributed by atoms with Crippen molar-refractivity contribution in [2.75, 3.05) is 37.6 Å². The maximum atomic E-state index is 12.9. The van der Waals surface area contributed by atoms with Crippen molar-refractivity contribution in [1.29, 1.82) is 0 Å². The summed E-state index contributed by atoms with van der Waals surface area (Å²) in [4.78, 5) is 23.0. The van der Waals surface area contributed by atoms with Gasteiger partial charge in [-0.05, 0) is 75.3 Å².